The molecule has 0 unspecified atom stereocenters. The number of ether oxygens (including phenoxy) is 3. The van der Waals surface area contributed by atoms with E-state index in [1.165, 1.54) is 0 Å². The smallest absolute Gasteiger partial charge is 0.208 e. The van der Waals surface area contributed by atoms with Crippen molar-refractivity contribution < 1.29 is 14.2 Å². The van der Waals surface area contributed by atoms with Gasteiger partial charge in [-0.2, -0.15) is 0 Å². The highest BCUT2D eigenvalue weighted by Crippen LogP contribution is 2.40. The van der Waals surface area contributed by atoms with Crippen molar-refractivity contribution in [3.05, 3.63) is 59.9 Å². The number of benzene rings is 1. The van der Waals surface area contributed by atoms with Gasteiger partial charge in [0.15, 0.2) is 0 Å². The van der Waals surface area contributed by atoms with Gasteiger partial charge in [0.25, 0.3) is 0 Å². The lowest BCUT2D eigenvalue weighted by molar-refractivity contribution is -0.133. The van der Waals surface area contributed by atoms with Crippen molar-refractivity contribution in [2.75, 3.05) is 14.2 Å². The monoisotopic (exact) mass is 242 g/mol. The first-order valence-corrected chi connectivity index (χ1v) is 5.77. The second-order valence-electron chi connectivity index (χ2n) is 4.21. The summed E-state index contributed by atoms with van der Waals surface area (Å²) in [5, 5.41) is 0. The molecule has 0 N–H and O–H groups in total. The topological polar surface area (TPSA) is 27.7 Å². The molecule has 0 aromatic heterocycles. The van der Waals surface area contributed by atoms with Crippen LogP contribution in [0.15, 0.2) is 54.3 Å². The highest BCUT2D eigenvalue weighted by Gasteiger charge is 2.31. The van der Waals surface area contributed by atoms with Crippen molar-refractivity contribution >= 4 is 5.57 Å². The van der Waals surface area contributed by atoms with E-state index >= 15 is 0 Å². The summed E-state index contributed by atoms with van der Waals surface area (Å²) in [6.45, 7) is 0. The first-order chi connectivity index (χ1) is 8.78. The molecular weight excluding hydrogens is 228 g/mol. The molecule has 3 rings (SSSR count). The second-order valence-corrected chi connectivity index (χ2v) is 4.21. The van der Waals surface area contributed by atoms with Gasteiger partial charge in [-0.05, 0) is 29.9 Å². The van der Waals surface area contributed by atoms with Gasteiger partial charge in [-0.25, -0.2) is 0 Å². The Balaban J connectivity index is 2.14. The Hall–Kier alpha value is -1.84. The number of hydrogen-bond donors (Lipinski definition) is 0. The number of methoxy groups -OCH3 is 2. The maximum Gasteiger partial charge on any atom is 0.208 e. The van der Waals surface area contributed by atoms with Crippen molar-refractivity contribution in [2.45, 2.75) is 5.79 Å². The molecule has 0 saturated carbocycles. The fourth-order valence-electron chi connectivity index (χ4n) is 2.22. The summed E-state index contributed by atoms with van der Waals surface area (Å²) in [5.74, 6) is 0.0563. The summed E-state index contributed by atoms with van der Waals surface area (Å²) in [7, 11) is 3.26. The maximum absolute atomic E-state index is 5.59. The lowest BCUT2D eigenvalue weighted by Crippen LogP contribution is -2.31. The Labute approximate surface area is 106 Å². The molecule has 0 spiro atoms. The fourth-order valence-corrected chi connectivity index (χ4v) is 2.22. The van der Waals surface area contributed by atoms with Gasteiger partial charge in [-0.1, -0.05) is 18.2 Å². The number of allylic oxidation sites excluding steroid dienone is 3. The van der Waals surface area contributed by atoms with Crippen LogP contribution >= 0.6 is 0 Å². The minimum Gasteiger partial charge on any atom is -0.464 e. The molecule has 0 atom stereocenters. The summed E-state index contributed by atoms with van der Waals surface area (Å²) in [4.78, 5) is 0. The molecule has 0 fully saturated rings. The predicted octanol–water partition coefficient (Wildman–Crippen LogP) is 2.91. The Morgan fingerprint density at radius 2 is 1.89 bits per heavy atom. The van der Waals surface area contributed by atoms with Crippen LogP contribution in [0.1, 0.15) is 5.56 Å². The van der Waals surface area contributed by atoms with Crippen molar-refractivity contribution in [3.8, 4) is 5.75 Å². The molecule has 2 aliphatic rings. The Kier molecular flexibility index (Phi) is 2.58. The molecule has 1 aliphatic heterocycles. The molecule has 1 aliphatic carbocycles. The summed E-state index contributed by atoms with van der Waals surface area (Å²) < 4.78 is 16.5. The van der Waals surface area contributed by atoms with Crippen molar-refractivity contribution in [1.82, 2.24) is 0 Å². The first kappa shape index (κ1) is 11.3. The zero-order valence-electron chi connectivity index (χ0n) is 10.3. The molecule has 1 aromatic carbocycles. The summed E-state index contributed by atoms with van der Waals surface area (Å²) in [6, 6.07) is 7.93. The highest BCUT2D eigenvalue weighted by molar-refractivity contribution is 5.87. The van der Waals surface area contributed by atoms with Crippen LogP contribution in [-0.4, -0.2) is 20.0 Å². The second kappa shape index (κ2) is 4.12. The van der Waals surface area contributed by atoms with Crippen LogP contribution in [0, 0.1) is 0 Å². The molecule has 1 heterocycles. The van der Waals surface area contributed by atoms with E-state index < -0.39 is 5.79 Å². The lowest BCUT2D eigenvalue weighted by Gasteiger charge is -2.30. The molecule has 3 nitrogen and oxygen atoms in total. The van der Waals surface area contributed by atoms with Crippen LogP contribution in [0.4, 0.5) is 0 Å². The van der Waals surface area contributed by atoms with Crippen LogP contribution in [0.25, 0.3) is 5.57 Å². The standard InChI is InChI=1S/C15H14O3/c1-16-15(17-2)8-7-11-10-18-14-6-4-3-5-12(14)13(11)9-15/h3-10H,1-2H3. The molecule has 92 valence electrons. The van der Waals surface area contributed by atoms with Crippen LogP contribution in [-0.2, 0) is 9.47 Å². The molecule has 1 aromatic rings. The highest BCUT2D eigenvalue weighted by atomic mass is 16.7. The molecule has 0 amide bonds. The Morgan fingerprint density at radius 3 is 2.67 bits per heavy atom. The minimum atomic E-state index is -0.795. The predicted molar refractivity (Wildman–Crippen MR) is 69.0 cm³/mol. The number of fused-ring (bicyclic) bond motifs is 3. The summed E-state index contributed by atoms with van der Waals surface area (Å²) in [6.07, 6.45) is 7.55. The van der Waals surface area contributed by atoms with Crippen molar-refractivity contribution in [3.63, 3.8) is 0 Å². The van der Waals surface area contributed by atoms with Crippen molar-refractivity contribution in [2.24, 2.45) is 0 Å². The van der Waals surface area contributed by atoms with E-state index in [2.05, 4.69) is 0 Å². The van der Waals surface area contributed by atoms with E-state index in [9.17, 15) is 0 Å². The third-order valence-corrected chi connectivity index (χ3v) is 3.28. The molecule has 0 saturated heterocycles. The van der Waals surface area contributed by atoms with Gasteiger partial charge in [0, 0.05) is 25.4 Å². The molecule has 0 bridgehead atoms. The van der Waals surface area contributed by atoms with Gasteiger partial charge < -0.3 is 14.2 Å². The molecule has 3 heteroatoms. The first-order valence-electron chi connectivity index (χ1n) is 5.77. The SMILES string of the molecule is COC1(OC)C=CC2=COc3ccccc3C2=C1. The maximum atomic E-state index is 5.59. The van der Waals surface area contributed by atoms with Gasteiger partial charge in [-0.15, -0.1) is 0 Å². The Morgan fingerprint density at radius 1 is 1.11 bits per heavy atom. The van der Waals surface area contributed by atoms with Crippen LogP contribution < -0.4 is 4.74 Å². The number of hydrogen-bond acceptors (Lipinski definition) is 3. The van der Waals surface area contributed by atoms with Crippen LogP contribution in [0.5, 0.6) is 5.75 Å². The molecule has 18 heavy (non-hydrogen) atoms. The van der Waals surface area contributed by atoms with Crippen LogP contribution in [0.2, 0.25) is 0 Å². The van der Waals surface area contributed by atoms with E-state index in [-0.39, 0.29) is 0 Å². The van der Waals surface area contributed by atoms with E-state index in [0.717, 1.165) is 22.5 Å². The average Bonchev–Trinajstić information content (AvgIpc) is 2.46. The van der Waals surface area contributed by atoms with Gasteiger partial charge in [0.2, 0.25) is 5.79 Å². The molecule has 0 radical (unpaired) electrons. The van der Waals surface area contributed by atoms with Gasteiger partial charge >= 0.3 is 0 Å². The van der Waals surface area contributed by atoms with Gasteiger partial charge in [0.05, 0.1) is 6.26 Å². The third kappa shape index (κ3) is 1.60. The van der Waals surface area contributed by atoms with Crippen molar-refractivity contribution in [1.29, 1.82) is 0 Å². The quantitative estimate of drug-likeness (QED) is 0.746. The fraction of sp³-hybridized carbons (Fsp3) is 0.200. The van der Waals surface area contributed by atoms with E-state index in [1.54, 1.807) is 20.5 Å². The normalized spacial score (nSPS) is 19.2. The van der Waals surface area contributed by atoms with E-state index in [1.807, 2.05) is 42.5 Å². The number of rotatable bonds is 2. The van der Waals surface area contributed by atoms with Gasteiger partial charge in [-0.3, -0.25) is 0 Å². The summed E-state index contributed by atoms with van der Waals surface area (Å²) in [5.41, 5.74) is 3.15. The summed E-state index contributed by atoms with van der Waals surface area (Å²) >= 11 is 0. The van der Waals surface area contributed by atoms with Crippen LogP contribution in [0.3, 0.4) is 0 Å². The van der Waals surface area contributed by atoms with E-state index in [0.29, 0.717) is 0 Å². The third-order valence-electron chi connectivity index (χ3n) is 3.28. The Bertz CT molecular complexity index is 563. The zero-order chi connectivity index (χ0) is 12.6. The largest absolute Gasteiger partial charge is 0.464 e. The lowest BCUT2D eigenvalue weighted by atomic mass is 9.90. The van der Waals surface area contributed by atoms with E-state index in [4.69, 9.17) is 14.2 Å². The average molecular weight is 242 g/mol. The minimum absolute atomic E-state index is 0.795. The zero-order valence-corrected chi connectivity index (χ0v) is 10.3. The molecular formula is C15H14O3. The number of para-hydroxylation sites is 1. The van der Waals surface area contributed by atoms with Gasteiger partial charge in [0.1, 0.15) is 5.75 Å².